The Labute approximate surface area is 248 Å². The summed E-state index contributed by atoms with van der Waals surface area (Å²) in [5, 5.41) is 18.2. The Kier molecular flexibility index (Phi) is 6.72. The van der Waals surface area contributed by atoms with Crippen molar-refractivity contribution in [3.8, 4) is 0 Å². The van der Waals surface area contributed by atoms with Gasteiger partial charge in [0.2, 0.25) is 0 Å². The number of aryl methyl sites for hydroxylation is 1. The Balaban J connectivity index is 1.17. The van der Waals surface area contributed by atoms with Crippen molar-refractivity contribution in [1.29, 1.82) is 0 Å². The van der Waals surface area contributed by atoms with Crippen LogP contribution >= 0.6 is 0 Å². The summed E-state index contributed by atoms with van der Waals surface area (Å²) >= 11 is 0. The average Bonchev–Trinajstić information content (AvgIpc) is 3.51. The van der Waals surface area contributed by atoms with Crippen LogP contribution in [0.5, 0.6) is 0 Å². The number of carbonyl (C=O) groups is 1. The molecular formula is C32H36F3N5O3. The third-order valence-corrected chi connectivity index (χ3v) is 10.4. The molecule has 7 rings (SSSR count). The van der Waals surface area contributed by atoms with Crippen molar-refractivity contribution < 1.29 is 27.8 Å². The molecule has 0 atom stereocenters. The maximum atomic E-state index is 14.4. The van der Waals surface area contributed by atoms with Crippen molar-refractivity contribution in [2.24, 2.45) is 12.5 Å². The standard InChI is InChI=1S/C32H36F3N5O3/c1-38-19-36-37-29(38)31(15-24(16-31)43-2)21-4-3-5-22(12-21)40-18-26-25(28(40)42)10-20(11-27(26)32(33,34)35)17-39-8-6-30(7-9-39)13-23(41)14-30/h3-5,10-12,19,23-24,41H,6-9,13-18H2,1-2H3/t24-,31-. The van der Waals surface area contributed by atoms with Gasteiger partial charge in [-0.05, 0) is 98.0 Å². The topological polar surface area (TPSA) is 83.7 Å². The number of nitrogens with zero attached hydrogens (tertiary/aromatic N) is 5. The van der Waals surface area contributed by atoms with Crippen molar-refractivity contribution in [3.63, 3.8) is 0 Å². The van der Waals surface area contributed by atoms with Gasteiger partial charge in [0, 0.05) is 32.0 Å². The number of aromatic nitrogens is 3. The number of halogens is 3. The first-order valence-corrected chi connectivity index (χ1v) is 14.9. The highest BCUT2D eigenvalue weighted by Gasteiger charge is 2.51. The van der Waals surface area contributed by atoms with E-state index in [0.717, 1.165) is 50.2 Å². The Morgan fingerprint density at radius 1 is 1.09 bits per heavy atom. The molecule has 1 saturated heterocycles. The lowest BCUT2D eigenvalue weighted by Crippen LogP contribution is -2.48. The highest BCUT2D eigenvalue weighted by atomic mass is 19.4. The molecule has 1 N–H and O–H groups in total. The first-order chi connectivity index (χ1) is 20.5. The molecule has 1 aromatic heterocycles. The first kappa shape index (κ1) is 28.5. The molecular weight excluding hydrogens is 559 g/mol. The van der Waals surface area contributed by atoms with Crippen LogP contribution in [0.25, 0.3) is 0 Å². The number of piperidine rings is 1. The summed E-state index contributed by atoms with van der Waals surface area (Å²) in [4.78, 5) is 17.4. The quantitative estimate of drug-likeness (QED) is 0.440. The number of alkyl halides is 3. The Bertz CT molecular complexity index is 1550. The molecule has 8 nitrogen and oxygen atoms in total. The molecule has 0 unspecified atom stereocenters. The molecule has 2 aromatic carbocycles. The van der Waals surface area contributed by atoms with E-state index in [0.29, 0.717) is 30.6 Å². The minimum atomic E-state index is -4.58. The van der Waals surface area contributed by atoms with Crippen molar-refractivity contribution in [1.82, 2.24) is 19.7 Å². The summed E-state index contributed by atoms with van der Waals surface area (Å²) < 4.78 is 50.6. The Morgan fingerprint density at radius 3 is 2.47 bits per heavy atom. The summed E-state index contributed by atoms with van der Waals surface area (Å²) in [7, 11) is 3.56. The van der Waals surface area contributed by atoms with E-state index in [1.54, 1.807) is 25.6 Å². The first-order valence-electron chi connectivity index (χ1n) is 14.9. The second kappa shape index (κ2) is 10.1. The number of benzene rings is 2. The molecule has 0 bridgehead atoms. The number of methoxy groups -OCH3 is 1. The molecule has 2 aliphatic heterocycles. The number of anilines is 1. The minimum absolute atomic E-state index is 0.0267. The number of aliphatic hydroxyl groups is 1. The van der Waals surface area contributed by atoms with Gasteiger partial charge in [-0.25, -0.2) is 0 Å². The molecule has 3 heterocycles. The summed E-state index contributed by atoms with van der Waals surface area (Å²) in [6.45, 7) is 1.77. The average molecular weight is 596 g/mol. The van der Waals surface area contributed by atoms with E-state index < -0.39 is 23.1 Å². The van der Waals surface area contributed by atoms with E-state index in [-0.39, 0.29) is 35.3 Å². The molecule has 43 heavy (non-hydrogen) atoms. The molecule has 0 radical (unpaired) electrons. The third kappa shape index (κ3) is 4.76. The van der Waals surface area contributed by atoms with Crippen LogP contribution in [0.15, 0.2) is 42.7 Å². The fourth-order valence-corrected chi connectivity index (χ4v) is 7.93. The second-order valence-corrected chi connectivity index (χ2v) is 13.1. The smallest absolute Gasteiger partial charge is 0.393 e. The number of likely N-dealkylation sites (tertiary alicyclic amines) is 1. The number of rotatable bonds is 6. The van der Waals surface area contributed by atoms with Crippen LogP contribution in [0.3, 0.4) is 0 Å². The number of aliphatic hydroxyl groups excluding tert-OH is 1. The molecule has 1 spiro atoms. The fourth-order valence-electron chi connectivity index (χ4n) is 7.93. The number of hydrogen-bond acceptors (Lipinski definition) is 6. The van der Waals surface area contributed by atoms with Crippen molar-refractivity contribution in [2.75, 3.05) is 25.1 Å². The summed E-state index contributed by atoms with van der Waals surface area (Å²) in [6.07, 6.45) is 1.78. The highest BCUT2D eigenvalue weighted by molar-refractivity contribution is 6.10. The summed E-state index contributed by atoms with van der Waals surface area (Å²) in [5.74, 6) is 0.367. The van der Waals surface area contributed by atoms with Crippen LogP contribution in [-0.4, -0.2) is 63.1 Å². The SMILES string of the molecule is CO[C@H]1C[C@](c2cccc(N3Cc4c(cc(CN5CCC6(CC5)CC(O)C6)cc4C(F)(F)F)C3=O)c2)(c2nncn2C)C1. The molecule has 2 aliphatic carbocycles. The van der Waals surface area contributed by atoms with Gasteiger partial charge in [-0.1, -0.05) is 12.1 Å². The van der Waals surface area contributed by atoms with E-state index in [1.165, 1.54) is 11.0 Å². The normalized spacial score (nSPS) is 25.6. The Hall–Kier alpha value is -3.28. The predicted molar refractivity (Wildman–Crippen MR) is 152 cm³/mol. The van der Waals surface area contributed by atoms with Crippen molar-refractivity contribution in [2.45, 2.75) is 75.4 Å². The van der Waals surface area contributed by atoms with Crippen molar-refractivity contribution >= 4 is 11.6 Å². The van der Waals surface area contributed by atoms with Gasteiger partial charge in [-0.3, -0.25) is 9.69 Å². The number of ether oxygens (including phenoxy) is 1. The van der Waals surface area contributed by atoms with Gasteiger partial charge in [-0.15, -0.1) is 10.2 Å². The van der Waals surface area contributed by atoms with Crippen LogP contribution in [0, 0.1) is 5.41 Å². The maximum absolute atomic E-state index is 14.4. The van der Waals surface area contributed by atoms with Crippen LogP contribution in [-0.2, 0) is 36.5 Å². The van der Waals surface area contributed by atoms with Crippen molar-refractivity contribution in [3.05, 3.63) is 76.4 Å². The van der Waals surface area contributed by atoms with E-state index in [2.05, 4.69) is 15.1 Å². The van der Waals surface area contributed by atoms with E-state index in [1.807, 2.05) is 29.8 Å². The molecule has 4 aliphatic rings. The second-order valence-electron chi connectivity index (χ2n) is 13.1. The Morgan fingerprint density at radius 2 is 1.84 bits per heavy atom. The largest absolute Gasteiger partial charge is 0.416 e. The van der Waals surface area contributed by atoms with Gasteiger partial charge in [0.1, 0.15) is 12.2 Å². The van der Waals surface area contributed by atoms with Gasteiger partial charge >= 0.3 is 6.18 Å². The fraction of sp³-hybridized carbons (Fsp3) is 0.531. The van der Waals surface area contributed by atoms with Crippen LogP contribution in [0.4, 0.5) is 18.9 Å². The number of hydrogen-bond donors (Lipinski definition) is 1. The molecule has 2 saturated carbocycles. The predicted octanol–water partition coefficient (Wildman–Crippen LogP) is 4.83. The molecule has 11 heteroatoms. The highest BCUT2D eigenvalue weighted by Crippen LogP contribution is 2.51. The van der Waals surface area contributed by atoms with Gasteiger partial charge in [0.25, 0.3) is 5.91 Å². The minimum Gasteiger partial charge on any atom is -0.393 e. The number of carbonyl (C=O) groups excluding carboxylic acids is 1. The lowest BCUT2D eigenvalue weighted by Gasteiger charge is -2.50. The van der Waals surface area contributed by atoms with Gasteiger partial charge in [-0.2, -0.15) is 13.2 Å². The van der Waals surface area contributed by atoms with E-state index in [9.17, 15) is 23.1 Å². The monoisotopic (exact) mass is 595 g/mol. The van der Waals surface area contributed by atoms with Crippen LogP contribution < -0.4 is 4.90 Å². The van der Waals surface area contributed by atoms with Gasteiger partial charge in [0.05, 0.1) is 29.7 Å². The lowest BCUT2D eigenvalue weighted by molar-refractivity contribution is -0.138. The number of amides is 1. The molecule has 3 fully saturated rings. The molecule has 228 valence electrons. The molecule has 1 amide bonds. The van der Waals surface area contributed by atoms with Crippen LogP contribution in [0.2, 0.25) is 0 Å². The third-order valence-electron chi connectivity index (χ3n) is 10.4. The van der Waals surface area contributed by atoms with Crippen LogP contribution in [0.1, 0.15) is 77.0 Å². The van der Waals surface area contributed by atoms with Gasteiger partial charge in [0.15, 0.2) is 0 Å². The summed E-state index contributed by atoms with van der Waals surface area (Å²) in [6, 6.07) is 10.4. The zero-order valence-corrected chi connectivity index (χ0v) is 24.4. The van der Waals surface area contributed by atoms with E-state index in [4.69, 9.17) is 4.74 Å². The van der Waals surface area contributed by atoms with Gasteiger partial charge < -0.3 is 19.3 Å². The zero-order chi connectivity index (χ0) is 30.1. The summed E-state index contributed by atoms with van der Waals surface area (Å²) in [5.41, 5.74) is 1.12. The van der Waals surface area contributed by atoms with E-state index >= 15 is 0 Å². The number of fused-ring (bicyclic) bond motifs is 1. The lowest BCUT2D eigenvalue weighted by atomic mass is 9.61. The maximum Gasteiger partial charge on any atom is 0.416 e. The zero-order valence-electron chi connectivity index (χ0n) is 24.4. The molecule has 3 aromatic rings.